The fraction of sp³-hybridized carbons (Fsp3) is 0.368. The summed E-state index contributed by atoms with van der Waals surface area (Å²) in [5.74, 6) is 0.589. The summed E-state index contributed by atoms with van der Waals surface area (Å²) in [7, 11) is 1.82. The first-order valence-corrected chi connectivity index (χ1v) is 8.90. The van der Waals surface area contributed by atoms with Crippen LogP contribution in [0.1, 0.15) is 40.7 Å². The summed E-state index contributed by atoms with van der Waals surface area (Å²) in [6.07, 6.45) is 3.35. The number of halogens is 1. The van der Waals surface area contributed by atoms with Crippen molar-refractivity contribution < 1.29 is 13.7 Å². The van der Waals surface area contributed by atoms with Crippen LogP contribution < -0.4 is 0 Å². The Morgan fingerprint density at radius 1 is 1.30 bits per heavy atom. The van der Waals surface area contributed by atoms with Crippen LogP contribution in [0.15, 0.2) is 35.0 Å². The summed E-state index contributed by atoms with van der Waals surface area (Å²) in [5, 5.41) is 8.17. The predicted octanol–water partition coefficient (Wildman–Crippen LogP) is 2.94. The number of benzene rings is 1. The number of nitrogens with zero attached hydrogens (tertiary/aromatic N) is 5. The van der Waals surface area contributed by atoms with Gasteiger partial charge in [-0.3, -0.25) is 9.48 Å². The van der Waals surface area contributed by atoms with Gasteiger partial charge in [0.1, 0.15) is 5.82 Å². The average Bonchev–Trinajstić information content (AvgIpc) is 3.30. The monoisotopic (exact) mass is 369 g/mol. The first-order valence-electron chi connectivity index (χ1n) is 8.90. The first kappa shape index (κ1) is 17.4. The van der Waals surface area contributed by atoms with E-state index >= 15 is 0 Å². The van der Waals surface area contributed by atoms with E-state index in [1.54, 1.807) is 23.0 Å². The van der Waals surface area contributed by atoms with Crippen molar-refractivity contribution in [3.8, 4) is 11.4 Å². The second-order valence-corrected chi connectivity index (χ2v) is 6.82. The van der Waals surface area contributed by atoms with Gasteiger partial charge in [-0.25, -0.2) is 4.39 Å². The van der Waals surface area contributed by atoms with E-state index in [-0.39, 0.29) is 17.6 Å². The third kappa shape index (κ3) is 3.34. The highest BCUT2D eigenvalue weighted by Crippen LogP contribution is 2.28. The van der Waals surface area contributed by atoms with Gasteiger partial charge in [0, 0.05) is 31.4 Å². The quantitative estimate of drug-likeness (QED) is 0.709. The van der Waals surface area contributed by atoms with Crippen molar-refractivity contribution in [2.24, 2.45) is 7.05 Å². The Balaban J connectivity index is 1.51. The van der Waals surface area contributed by atoms with Gasteiger partial charge >= 0.3 is 0 Å². The summed E-state index contributed by atoms with van der Waals surface area (Å²) in [4.78, 5) is 19.1. The molecule has 1 aromatic carbocycles. The maximum Gasteiger partial charge on any atom is 0.257 e. The van der Waals surface area contributed by atoms with E-state index < -0.39 is 0 Å². The van der Waals surface area contributed by atoms with Gasteiger partial charge in [-0.05, 0) is 44.0 Å². The second kappa shape index (κ2) is 6.94. The number of aromatic nitrogens is 4. The van der Waals surface area contributed by atoms with Crippen molar-refractivity contribution in [3.63, 3.8) is 0 Å². The zero-order chi connectivity index (χ0) is 19.0. The van der Waals surface area contributed by atoms with Crippen LogP contribution in [-0.4, -0.2) is 43.8 Å². The minimum atomic E-state index is -0.311. The molecule has 1 unspecified atom stereocenters. The Morgan fingerprint density at radius 2 is 2.07 bits per heavy atom. The summed E-state index contributed by atoms with van der Waals surface area (Å²) < 4.78 is 20.2. The molecule has 140 valence electrons. The topological polar surface area (TPSA) is 77.1 Å². The molecule has 0 aliphatic carbocycles. The van der Waals surface area contributed by atoms with Gasteiger partial charge in [0.05, 0.1) is 17.7 Å². The van der Waals surface area contributed by atoms with Gasteiger partial charge in [-0.2, -0.15) is 10.1 Å². The molecule has 1 saturated heterocycles. The molecule has 4 rings (SSSR count). The molecule has 27 heavy (non-hydrogen) atoms. The van der Waals surface area contributed by atoms with Crippen LogP contribution in [0.2, 0.25) is 0 Å². The van der Waals surface area contributed by atoms with Crippen molar-refractivity contribution in [1.29, 1.82) is 0 Å². The predicted molar refractivity (Wildman–Crippen MR) is 95.5 cm³/mol. The number of likely N-dealkylation sites (tertiary alicyclic amines) is 1. The standard InChI is InChI=1S/C19H20FN5O2/c1-12-16(10-21-24(12)2)19(26)25-9-3-4-14(11-25)18-22-17(23-27-18)13-5-7-15(20)8-6-13/h5-8,10,14H,3-4,9,11H2,1-2H3. The molecule has 0 spiro atoms. The molecule has 0 N–H and O–H groups in total. The fourth-order valence-corrected chi connectivity index (χ4v) is 3.36. The lowest BCUT2D eigenvalue weighted by Gasteiger charge is -2.30. The maximum atomic E-state index is 13.1. The number of carbonyl (C=O) groups excluding carboxylic acids is 1. The molecule has 3 heterocycles. The molecule has 1 atom stereocenters. The average molecular weight is 369 g/mol. The number of piperidine rings is 1. The highest BCUT2D eigenvalue weighted by atomic mass is 19.1. The van der Waals surface area contributed by atoms with E-state index in [4.69, 9.17) is 4.52 Å². The molecule has 2 aromatic heterocycles. The Morgan fingerprint density at radius 3 is 2.78 bits per heavy atom. The third-order valence-corrected chi connectivity index (χ3v) is 5.07. The molecular formula is C19H20FN5O2. The van der Waals surface area contributed by atoms with E-state index in [2.05, 4.69) is 15.2 Å². The lowest BCUT2D eigenvalue weighted by Crippen LogP contribution is -2.39. The number of aryl methyl sites for hydroxylation is 1. The van der Waals surface area contributed by atoms with Crippen molar-refractivity contribution in [1.82, 2.24) is 24.8 Å². The number of amides is 1. The molecule has 1 amide bonds. The number of hydrogen-bond acceptors (Lipinski definition) is 5. The minimum absolute atomic E-state index is 0.0126. The van der Waals surface area contributed by atoms with Crippen LogP contribution in [0, 0.1) is 12.7 Å². The number of carbonyl (C=O) groups is 1. The normalized spacial score (nSPS) is 17.3. The number of rotatable bonds is 3. The lowest BCUT2D eigenvalue weighted by molar-refractivity contribution is 0.0695. The van der Waals surface area contributed by atoms with Crippen molar-refractivity contribution in [2.45, 2.75) is 25.7 Å². The molecule has 0 bridgehead atoms. The van der Waals surface area contributed by atoms with E-state index in [9.17, 15) is 9.18 Å². The van der Waals surface area contributed by atoms with Gasteiger partial charge in [-0.15, -0.1) is 0 Å². The SMILES string of the molecule is Cc1c(C(=O)N2CCCC(c3nc(-c4ccc(F)cc4)no3)C2)cnn1C. The zero-order valence-corrected chi connectivity index (χ0v) is 15.2. The fourth-order valence-electron chi connectivity index (χ4n) is 3.36. The summed E-state index contributed by atoms with van der Waals surface area (Å²) in [6, 6.07) is 5.96. The molecule has 0 saturated carbocycles. The zero-order valence-electron chi connectivity index (χ0n) is 15.2. The third-order valence-electron chi connectivity index (χ3n) is 5.07. The maximum absolute atomic E-state index is 13.1. The van der Waals surface area contributed by atoms with Gasteiger partial charge in [0.25, 0.3) is 5.91 Å². The minimum Gasteiger partial charge on any atom is -0.339 e. The molecule has 7 nitrogen and oxygen atoms in total. The summed E-state index contributed by atoms with van der Waals surface area (Å²) >= 11 is 0. The molecule has 1 aliphatic heterocycles. The van der Waals surface area contributed by atoms with Crippen LogP contribution in [0.25, 0.3) is 11.4 Å². The molecule has 3 aromatic rings. The summed E-state index contributed by atoms with van der Waals surface area (Å²) in [6.45, 7) is 3.11. The van der Waals surface area contributed by atoms with Crippen LogP contribution in [0.5, 0.6) is 0 Å². The van der Waals surface area contributed by atoms with Gasteiger partial charge < -0.3 is 9.42 Å². The van der Waals surface area contributed by atoms with Crippen molar-refractivity contribution in [3.05, 3.63) is 53.4 Å². The highest BCUT2D eigenvalue weighted by molar-refractivity contribution is 5.95. The molecule has 1 aliphatic rings. The number of hydrogen-bond donors (Lipinski definition) is 0. The Labute approximate surface area is 155 Å². The van der Waals surface area contributed by atoms with Crippen LogP contribution in [-0.2, 0) is 7.05 Å². The van der Waals surface area contributed by atoms with E-state index in [0.29, 0.717) is 35.9 Å². The lowest BCUT2D eigenvalue weighted by atomic mass is 9.97. The van der Waals surface area contributed by atoms with Crippen molar-refractivity contribution in [2.75, 3.05) is 13.1 Å². The van der Waals surface area contributed by atoms with Crippen LogP contribution >= 0.6 is 0 Å². The molecule has 8 heteroatoms. The largest absolute Gasteiger partial charge is 0.339 e. The molecule has 1 fully saturated rings. The van der Waals surface area contributed by atoms with Gasteiger partial charge in [0.2, 0.25) is 11.7 Å². The van der Waals surface area contributed by atoms with E-state index in [0.717, 1.165) is 18.5 Å². The van der Waals surface area contributed by atoms with E-state index in [1.807, 2.05) is 18.9 Å². The van der Waals surface area contributed by atoms with Gasteiger partial charge in [0.15, 0.2) is 0 Å². The summed E-state index contributed by atoms with van der Waals surface area (Å²) in [5.41, 5.74) is 2.16. The molecular weight excluding hydrogens is 349 g/mol. The Hall–Kier alpha value is -3.03. The second-order valence-electron chi connectivity index (χ2n) is 6.82. The van der Waals surface area contributed by atoms with Crippen molar-refractivity contribution >= 4 is 5.91 Å². The van der Waals surface area contributed by atoms with E-state index in [1.165, 1.54) is 12.1 Å². The Kier molecular flexibility index (Phi) is 4.47. The first-order chi connectivity index (χ1) is 13.0. The Bertz CT molecular complexity index is 963. The van der Waals surface area contributed by atoms with Gasteiger partial charge in [-0.1, -0.05) is 5.16 Å². The molecule has 0 radical (unpaired) electrons. The van der Waals surface area contributed by atoms with Crippen LogP contribution in [0.4, 0.5) is 4.39 Å². The van der Waals surface area contributed by atoms with Crippen LogP contribution in [0.3, 0.4) is 0 Å². The highest BCUT2D eigenvalue weighted by Gasteiger charge is 2.30. The smallest absolute Gasteiger partial charge is 0.257 e.